The average Bonchev–Trinajstić information content (AvgIpc) is 2.94. The lowest BCUT2D eigenvalue weighted by atomic mass is 10.2. The van der Waals surface area contributed by atoms with Gasteiger partial charge in [0.15, 0.2) is 11.5 Å². The molecule has 0 aliphatic heterocycles. The fourth-order valence-corrected chi connectivity index (χ4v) is 2.25. The van der Waals surface area contributed by atoms with Crippen LogP contribution in [0.4, 0.5) is 5.69 Å². The van der Waals surface area contributed by atoms with Crippen molar-refractivity contribution in [3.63, 3.8) is 0 Å². The number of allylic oxidation sites excluding steroid dienone is 1. The maximum Gasteiger partial charge on any atom is 0.163 e. The van der Waals surface area contributed by atoms with Gasteiger partial charge in [0.05, 0.1) is 18.9 Å². The van der Waals surface area contributed by atoms with Crippen LogP contribution in [0.1, 0.15) is 18.2 Å². The molecule has 0 saturated heterocycles. The summed E-state index contributed by atoms with van der Waals surface area (Å²) in [5, 5.41) is 3.19. The summed E-state index contributed by atoms with van der Waals surface area (Å²) in [5.41, 5.74) is 1.71. The van der Waals surface area contributed by atoms with E-state index in [2.05, 4.69) is 5.32 Å². The van der Waals surface area contributed by atoms with E-state index < -0.39 is 0 Å². The largest absolute Gasteiger partial charge is 0.493 e. The van der Waals surface area contributed by atoms with Gasteiger partial charge in [-0.05, 0) is 32.0 Å². The topological polar surface area (TPSA) is 43.6 Å². The molecule has 1 aromatic heterocycles. The van der Waals surface area contributed by atoms with E-state index in [0.29, 0.717) is 23.1 Å². The SMILES string of the molecule is C/C=C/COc1cc(NC(=S)c2ccoc2C)ccc1OC. The highest BCUT2D eigenvalue weighted by molar-refractivity contribution is 7.81. The lowest BCUT2D eigenvalue weighted by Gasteiger charge is -2.13. The van der Waals surface area contributed by atoms with Gasteiger partial charge in [-0.2, -0.15) is 0 Å². The quantitative estimate of drug-likeness (QED) is 0.634. The van der Waals surface area contributed by atoms with Crippen molar-refractivity contribution in [1.82, 2.24) is 0 Å². The van der Waals surface area contributed by atoms with Crippen molar-refractivity contribution < 1.29 is 13.9 Å². The van der Waals surface area contributed by atoms with E-state index in [1.54, 1.807) is 13.4 Å². The van der Waals surface area contributed by atoms with E-state index in [9.17, 15) is 0 Å². The van der Waals surface area contributed by atoms with Gasteiger partial charge in [-0.3, -0.25) is 0 Å². The number of nitrogens with one attached hydrogen (secondary N) is 1. The van der Waals surface area contributed by atoms with Gasteiger partial charge in [0, 0.05) is 11.8 Å². The minimum atomic E-state index is 0.488. The molecule has 0 saturated carbocycles. The number of rotatable bonds is 6. The van der Waals surface area contributed by atoms with E-state index in [0.717, 1.165) is 17.0 Å². The van der Waals surface area contributed by atoms with Gasteiger partial charge in [0.2, 0.25) is 0 Å². The predicted molar refractivity (Wildman–Crippen MR) is 92.1 cm³/mol. The third-order valence-electron chi connectivity index (χ3n) is 3.10. The molecule has 0 spiro atoms. The van der Waals surface area contributed by atoms with Crippen molar-refractivity contribution in [2.75, 3.05) is 19.0 Å². The van der Waals surface area contributed by atoms with Crippen LogP contribution in [0.5, 0.6) is 11.5 Å². The molecule has 0 fully saturated rings. The minimum absolute atomic E-state index is 0.488. The van der Waals surface area contributed by atoms with Crippen molar-refractivity contribution >= 4 is 22.9 Å². The first-order chi connectivity index (χ1) is 10.7. The summed E-state index contributed by atoms with van der Waals surface area (Å²) in [6, 6.07) is 7.45. The van der Waals surface area contributed by atoms with Crippen LogP contribution in [0.2, 0.25) is 0 Å². The molecule has 1 N–H and O–H groups in total. The summed E-state index contributed by atoms with van der Waals surface area (Å²) < 4.78 is 16.3. The molecule has 5 heteroatoms. The molecule has 0 aliphatic rings. The smallest absolute Gasteiger partial charge is 0.163 e. The molecule has 1 heterocycles. The van der Waals surface area contributed by atoms with Gasteiger partial charge in [0.1, 0.15) is 17.4 Å². The molecular weight excluding hydrogens is 298 g/mol. The number of furan rings is 1. The van der Waals surface area contributed by atoms with Crippen LogP contribution in [0.15, 0.2) is 47.1 Å². The van der Waals surface area contributed by atoms with Crippen LogP contribution < -0.4 is 14.8 Å². The first kappa shape index (κ1) is 16.1. The second kappa shape index (κ2) is 7.66. The Kier molecular flexibility index (Phi) is 5.61. The lowest BCUT2D eigenvalue weighted by molar-refractivity contribution is 0.326. The number of anilines is 1. The van der Waals surface area contributed by atoms with Crippen molar-refractivity contribution in [3.8, 4) is 11.5 Å². The molecule has 2 rings (SSSR count). The fourth-order valence-electron chi connectivity index (χ4n) is 1.92. The van der Waals surface area contributed by atoms with Gasteiger partial charge in [-0.1, -0.05) is 24.4 Å². The average molecular weight is 317 g/mol. The Labute approximate surface area is 135 Å². The molecule has 0 unspecified atom stereocenters. The van der Waals surface area contributed by atoms with E-state index >= 15 is 0 Å². The van der Waals surface area contributed by atoms with Gasteiger partial charge < -0.3 is 19.2 Å². The van der Waals surface area contributed by atoms with Gasteiger partial charge in [-0.25, -0.2) is 0 Å². The second-order valence-corrected chi connectivity index (χ2v) is 5.00. The van der Waals surface area contributed by atoms with Crippen LogP contribution in [-0.4, -0.2) is 18.7 Å². The van der Waals surface area contributed by atoms with E-state index in [1.165, 1.54) is 0 Å². The number of ether oxygens (including phenoxy) is 2. The standard InChI is InChI=1S/C17H19NO3S/c1-4-5-9-21-16-11-13(6-7-15(16)19-3)18-17(22)14-8-10-20-12(14)2/h4-8,10-11H,9H2,1-3H3,(H,18,22)/b5-4+. The van der Waals surface area contributed by atoms with Crippen molar-refractivity contribution in [3.05, 3.63) is 54.0 Å². The zero-order valence-corrected chi connectivity index (χ0v) is 13.7. The van der Waals surface area contributed by atoms with Crippen LogP contribution in [0, 0.1) is 6.92 Å². The minimum Gasteiger partial charge on any atom is -0.493 e. The molecule has 116 valence electrons. The third-order valence-corrected chi connectivity index (χ3v) is 3.42. The molecule has 0 radical (unpaired) electrons. The number of methoxy groups -OCH3 is 1. The van der Waals surface area contributed by atoms with Crippen LogP contribution in [0.25, 0.3) is 0 Å². The maximum absolute atomic E-state index is 5.69. The van der Waals surface area contributed by atoms with Crippen LogP contribution in [-0.2, 0) is 0 Å². The third kappa shape index (κ3) is 3.89. The Balaban J connectivity index is 2.15. The monoisotopic (exact) mass is 317 g/mol. The normalized spacial score (nSPS) is 10.7. The number of hydrogen-bond acceptors (Lipinski definition) is 4. The first-order valence-corrected chi connectivity index (χ1v) is 7.34. The molecule has 0 aliphatic carbocycles. The summed E-state index contributed by atoms with van der Waals surface area (Å²) >= 11 is 5.40. The summed E-state index contributed by atoms with van der Waals surface area (Å²) in [5.74, 6) is 2.13. The van der Waals surface area contributed by atoms with E-state index in [4.69, 9.17) is 26.1 Å². The molecule has 0 bridgehead atoms. The summed E-state index contributed by atoms with van der Waals surface area (Å²) in [6.07, 6.45) is 5.49. The van der Waals surface area contributed by atoms with Gasteiger partial charge in [-0.15, -0.1) is 0 Å². The number of hydrogen-bond donors (Lipinski definition) is 1. The Morgan fingerprint density at radius 2 is 2.14 bits per heavy atom. The molecule has 4 nitrogen and oxygen atoms in total. The van der Waals surface area contributed by atoms with E-state index in [1.807, 2.05) is 50.3 Å². The Morgan fingerprint density at radius 3 is 2.77 bits per heavy atom. The number of benzene rings is 1. The molecule has 22 heavy (non-hydrogen) atoms. The van der Waals surface area contributed by atoms with Gasteiger partial charge >= 0.3 is 0 Å². The van der Waals surface area contributed by atoms with Crippen molar-refractivity contribution in [1.29, 1.82) is 0 Å². The highest BCUT2D eigenvalue weighted by Gasteiger charge is 2.10. The molecular formula is C17H19NO3S. The fraction of sp³-hybridized carbons (Fsp3) is 0.235. The lowest BCUT2D eigenvalue weighted by Crippen LogP contribution is -2.11. The summed E-state index contributed by atoms with van der Waals surface area (Å²) in [4.78, 5) is 0.607. The van der Waals surface area contributed by atoms with Gasteiger partial charge in [0.25, 0.3) is 0 Å². The number of thiocarbonyl (C=S) groups is 1. The zero-order chi connectivity index (χ0) is 15.9. The number of aryl methyl sites for hydroxylation is 1. The highest BCUT2D eigenvalue weighted by Crippen LogP contribution is 2.30. The van der Waals surface area contributed by atoms with Crippen LogP contribution in [0.3, 0.4) is 0 Å². The molecule has 1 aromatic carbocycles. The first-order valence-electron chi connectivity index (χ1n) is 6.93. The Morgan fingerprint density at radius 1 is 1.32 bits per heavy atom. The second-order valence-electron chi connectivity index (χ2n) is 4.59. The zero-order valence-electron chi connectivity index (χ0n) is 12.9. The van der Waals surface area contributed by atoms with E-state index in [-0.39, 0.29) is 0 Å². The molecule has 0 amide bonds. The predicted octanol–water partition coefficient (Wildman–Crippen LogP) is 4.34. The highest BCUT2D eigenvalue weighted by atomic mass is 32.1. The Hall–Kier alpha value is -2.27. The van der Waals surface area contributed by atoms with Crippen molar-refractivity contribution in [2.45, 2.75) is 13.8 Å². The Bertz CT molecular complexity index is 676. The summed E-state index contributed by atoms with van der Waals surface area (Å²) in [7, 11) is 1.62. The summed E-state index contributed by atoms with van der Waals surface area (Å²) in [6.45, 7) is 4.31. The van der Waals surface area contributed by atoms with Crippen LogP contribution >= 0.6 is 12.2 Å². The molecule has 0 atom stereocenters. The maximum atomic E-state index is 5.69. The molecule has 2 aromatic rings. The van der Waals surface area contributed by atoms with Crippen molar-refractivity contribution in [2.24, 2.45) is 0 Å².